The van der Waals surface area contributed by atoms with E-state index < -0.39 is 103 Å². The van der Waals surface area contributed by atoms with Gasteiger partial charge in [0.1, 0.15) is 37.0 Å². The number of carboxylic acids is 1. The summed E-state index contributed by atoms with van der Waals surface area (Å²) >= 11 is 0. The summed E-state index contributed by atoms with van der Waals surface area (Å²) in [5, 5.41) is 65.7. The first-order valence-electron chi connectivity index (χ1n) is 20.9. The average Bonchev–Trinajstić information content (AvgIpc) is 3.57. The van der Waals surface area contributed by atoms with E-state index in [-0.39, 0.29) is 75.2 Å². The third kappa shape index (κ3) is 15.9. The summed E-state index contributed by atoms with van der Waals surface area (Å²) in [5.41, 5.74) is 5.82. The number of rotatable bonds is 24. The molecule has 9 amide bonds. The SMILES string of the molecule is CC(=O)N[C@H]1[C@H]([C@H](O)[C@H](O)CNC(=O)OCc2ccc(NC(=O)C(CCCNC(N)=O)NC(=O)C(NC(=O)CCCCCN3C(=O)CCC3=O)C(C)C)cc2)OC(O)(C(=O)O)C(F)[C@@H]1O. The zero-order valence-electron chi connectivity index (χ0n) is 36.1. The quantitative estimate of drug-likeness (QED) is 0.0384. The number of alkyl halides is 1. The summed E-state index contributed by atoms with van der Waals surface area (Å²) in [4.78, 5) is 111. The van der Waals surface area contributed by atoms with Crippen LogP contribution >= 0.6 is 0 Å². The molecule has 0 bridgehead atoms. The van der Waals surface area contributed by atoms with Gasteiger partial charge < -0.3 is 72.6 Å². The molecule has 65 heavy (non-hydrogen) atoms. The lowest BCUT2D eigenvalue weighted by Crippen LogP contribution is -2.72. The summed E-state index contributed by atoms with van der Waals surface area (Å²) in [7, 11) is 0. The normalized spacial score (nSPS) is 22.5. The number of imide groups is 1. The molecule has 1 aromatic carbocycles. The minimum Gasteiger partial charge on any atom is -0.477 e. The van der Waals surface area contributed by atoms with Gasteiger partial charge in [-0.1, -0.05) is 32.4 Å². The maximum Gasteiger partial charge on any atom is 0.407 e. The van der Waals surface area contributed by atoms with Crippen LogP contribution in [0, 0.1) is 5.92 Å². The zero-order chi connectivity index (χ0) is 48.6. The van der Waals surface area contributed by atoms with Crippen LogP contribution in [0.3, 0.4) is 0 Å². The van der Waals surface area contributed by atoms with Crippen molar-refractivity contribution in [1.29, 1.82) is 0 Å². The number of alkyl carbamates (subject to hydrolysis) is 1. The van der Waals surface area contributed by atoms with Crippen molar-refractivity contribution >= 4 is 59.2 Å². The number of aliphatic carboxylic acids is 1. The Balaban J connectivity index is 1.53. The molecule has 362 valence electrons. The van der Waals surface area contributed by atoms with Crippen molar-refractivity contribution in [3.05, 3.63) is 29.8 Å². The van der Waals surface area contributed by atoms with Crippen LogP contribution in [0.2, 0.25) is 0 Å². The Hall–Kier alpha value is -6.02. The first-order chi connectivity index (χ1) is 30.5. The van der Waals surface area contributed by atoms with Gasteiger partial charge in [0.15, 0.2) is 6.17 Å². The van der Waals surface area contributed by atoms with Crippen molar-refractivity contribution in [1.82, 2.24) is 31.5 Å². The highest BCUT2D eigenvalue weighted by molar-refractivity contribution is 6.02. The van der Waals surface area contributed by atoms with Gasteiger partial charge >= 0.3 is 23.9 Å². The number of hydrogen-bond donors (Lipinski definition) is 12. The lowest BCUT2D eigenvalue weighted by atomic mass is 9.87. The van der Waals surface area contributed by atoms with E-state index >= 15 is 0 Å². The van der Waals surface area contributed by atoms with Crippen LogP contribution in [-0.2, 0) is 49.6 Å². The number of amides is 9. The van der Waals surface area contributed by atoms with E-state index in [2.05, 4.69) is 31.9 Å². The zero-order valence-corrected chi connectivity index (χ0v) is 36.1. The molecule has 24 nitrogen and oxygen atoms in total. The van der Waals surface area contributed by atoms with Gasteiger partial charge in [0, 0.05) is 51.5 Å². The van der Waals surface area contributed by atoms with Crippen LogP contribution in [0.15, 0.2) is 24.3 Å². The van der Waals surface area contributed by atoms with Gasteiger partial charge in [-0.05, 0) is 49.3 Å². The standard InChI is InChI=1S/C40H59FN8O16/c1-20(2)29(48-26(52)9-5-4-6-17-49-27(53)14-15-28(49)54)36(58)47-24(8-7-16-43-38(42)61)35(57)46-23-12-10-22(11-13-23)19-64-39(62)44-18-25(51)31(55)33-30(45-21(3)50)32(56)34(41)40(63,65-33)37(59)60/h10-13,20,24-25,29-34,51,55-56,63H,4-9,14-19H2,1-3H3,(H,44,62)(H,45,50)(H,46,57)(H,47,58)(H,48,52)(H,59,60)(H3,42,43,61)/t24?,25-,29?,30-,31-,32-,33-,34?,40?/m1/s1. The minimum atomic E-state index is -3.66. The summed E-state index contributed by atoms with van der Waals surface area (Å²) in [5.74, 6) is -9.25. The summed E-state index contributed by atoms with van der Waals surface area (Å²) < 4.78 is 24.6. The Morgan fingerprint density at radius 2 is 1.60 bits per heavy atom. The van der Waals surface area contributed by atoms with E-state index in [1.165, 1.54) is 29.2 Å². The molecule has 2 fully saturated rings. The number of carboxylic acid groups (broad SMARTS) is 1. The predicted molar refractivity (Wildman–Crippen MR) is 221 cm³/mol. The highest BCUT2D eigenvalue weighted by Crippen LogP contribution is 2.33. The monoisotopic (exact) mass is 926 g/mol. The Bertz CT molecular complexity index is 1860. The van der Waals surface area contributed by atoms with E-state index in [1.807, 2.05) is 0 Å². The highest BCUT2D eigenvalue weighted by Gasteiger charge is 2.61. The Morgan fingerprint density at radius 3 is 2.18 bits per heavy atom. The number of benzene rings is 1. The molecular formula is C40H59FN8O16. The second-order valence-corrected chi connectivity index (χ2v) is 15.9. The molecule has 0 aromatic heterocycles. The smallest absolute Gasteiger partial charge is 0.407 e. The van der Waals surface area contributed by atoms with Crippen LogP contribution in [0.25, 0.3) is 0 Å². The number of aliphatic hydroxyl groups excluding tert-OH is 3. The first-order valence-corrected chi connectivity index (χ1v) is 20.9. The molecule has 3 rings (SSSR count). The molecule has 0 aliphatic carbocycles. The number of halogens is 1. The molecule has 2 saturated heterocycles. The molecule has 2 aliphatic heterocycles. The topological polar surface area (TPSA) is 375 Å². The first kappa shape index (κ1) is 53.3. The lowest BCUT2D eigenvalue weighted by molar-refractivity contribution is -0.319. The van der Waals surface area contributed by atoms with E-state index in [4.69, 9.17) is 15.2 Å². The number of primary amides is 1. The van der Waals surface area contributed by atoms with Crippen molar-refractivity contribution in [2.24, 2.45) is 11.7 Å². The molecule has 4 unspecified atom stereocenters. The fraction of sp³-hybridized carbons (Fsp3) is 0.625. The number of urea groups is 1. The number of carbonyl (C=O) groups excluding carboxylic acids is 8. The molecular weight excluding hydrogens is 867 g/mol. The maximum absolute atomic E-state index is 14.6. The number of nitrogens with one attached hydrogen (secondary N) is 6. The number of carbonyl (C=O) groups is 9. The van der Waals surface area contributed by atoms with Gasteiger partial charge in [-0.3, -0.25) is 33.7 Å². The largest absolute Gasteiger partial charge is 0.477 e. The molecule has 2 aliphatic rings. The fourth-order valence-electron chi connectivity index (χ4n) is 6.88. The Labute approximate surface area is 372 Å². The molecule has 0 spiro atoms. The van der Waals surface area contributed by atoms with Gasteiger partial charge in [-0.2, -0.15) is 0 Å². The molecule has 1 aromatic rings. The van der Waals surface area contributed by atoms with Crippen LogP contribution in [0.5, 0.6) is 0 Å². The third-order valence-corrected chi connectivity index (χ3v) is 10.5. The molecule has 2 heterocycles. The number of aliphatic hydroxyl groups is 4. The highest BCUT2D eigenvalue weighted by atomic mass is 19.1. The van der Waals surface area contributed by atoms with Gasteiger partial charge in [0.2, 0.25) is 35.4 Å². The molecule has 0 radical (unpaired) electrons. The number of likely N-dealkylation sites (tertiary alicyclic amines) is 1. The second-order valence-electron chi connectivity index (χ2n) is 15.9. The van der Waals surface area contributed by atoms with Crippen LogP contribution < -0.4 is 37.6 Å². The van der Waals surface area contributed by atoms with Crippen LogP contribution in [0.1, 0.15) is 77.7 Å². The van der Waals surface area contributed by atoms with Gasteiger partial charge in [-0.25, -0.2) is 18.8 Å². The van der Waals surface area contributed by atoms with Crippen molar-refractivity contribution < 1.29 is 82.5 Å². The van der Waals surface area contributed by atoms with Crippen molar-refractivity contribution in [3.8, 4) is 0 Å². The van der Waals surface area contributed by atoms with Crippen LogP contribution in [-0.4, -0.2) is 158 Å². The summed E-state index contributed by atoms with van der Waals surface area (Å²) in [6.07, 6.45) is -10.4. The molecule has 0 saturated carbocycles. The number of anilines is 1. The van der Waals surface area contributed by atoms with Gasteiger partial charge in [0.25, 0.3) is 0 Å². The summed E-state index contributed by atoms with van der Waals surface area (Å²) in [6.45, 7) is 3.65. The second kappa shape index (κ2) is 24.9. The van der Waals surface area contributed by atoms with Crippen LogP contribution in [0.4, 0.5) is 19.7 Å². The molecule has 13 N–H and O–H groups in total. The molecule has 25 heteroatoms. The maximum atomic E-state index is 14.6. The number of unbranched alkanes of at least 4 members (excludes halogenated alkanes) is 2. The average molecular weight is 927 g/mol. The van der Waals surface area contributed by atoms with Crippen molar-refractivity contribution in [2.45, 2.75) is 133 Å². The van der Waals surface area contributed by atoms with E-state index in [0.717, 1.165) is 6.92 Å². The van der Waals surface area contributed by atoms with Gasteiger partial charge in [-0.15, -0.1) is 0 Å². The summed E-state index contributed by atoms with van der Waals surface area (Å²) in [6, 6.07) is 1.13. The number of nitrogens with zero attached hydrogens (tertiary/aromatic N) is 1. The van der Waals surface area contributed by atoms with Gasteiger partial charge in [0.05, 0.1) is 12.1 Å². The lowest BCUT2D eigenvalue weighted by Gasteiger charge is -2.46. The van der Waals surface area contributed by atoms with Crippen molar-refractivity contribution in [3.63, 3.8) is 0 Å². The minimum absolute atomic E-state index is 0.0551. The molecule has 9 atom stereocenters. The van der Waals surface area contributed by atoms with E-state index in [9.17, 15) is 73.1 Å². The predicted octanol–water partition coefficient (Wildman–Crippen LogP) is -2.27. The number of ether oxygens (including phenoxy) is 2. The van der Waals surface area contributed by atoms with Crippen molar-refractivity contribution in [2.75, 3.05) is 25.0 Å². The number of hydrogen-bond acceptors (Lipinski definition) is 15. The fourth-order valence-corrected chi connectivity index (χ4v) is 6.88. The Kier molecular flexibility index (Phi) is 20.4. The Morgan fingerprint density at radius 1 is 0.954 bits per heavy atom. The third-order valence-electron chi connectivity index (χ3n) is 10.5. The number of nitrogens with two attached hydrogens (primary N) is 1. The van der Waals surface area contributed by atoms with E-state index in [1.54, 1.807) is 13.8 Å². The van der Waals surface area contributed by atoms with E-state index in [0.29, 0.717) is 24.8 Å².